The van der Waals surface area contributed by atoms with Crippen molar-refractivity contribution in [1.29, 1.82) is 0 Å². The Morgan fingerprint density at radius 1 is 1.35 bits per heavy atom. The molecule has 1 aromatic heterocycles. The summed E-state index contributed by atoms with van der Waals surface area (Å²) in [6.07, 6.45) is 0.0881. The van der Waals surface area contributed by atoms with Gasteiger partial charge in [-0.3, -0.25) is 9.78 Å². The van der Waals surface area contributed by atoms with E-state index in [0.29, 0.717) is 5.69 Å². The van der Waals surface area contributed by atoms with Crippen molar-refractivity contribution < 1.29 is 28.3 Å². The number of ether oxygens (including phenoxy) is 1. The zero-order chi connectivity index (χ0) is 17.4. The lowest BCUT2D eigenvalue weighted by molar-refractivity contribution is -0.893. The molecular formula is C16H22FN2O4+. The first-order valence-corrected chi connectivity index (χ1v) is 7.42. The highest BCUT2D eigenvalue weighted by Gasteiger charge is 2.59. The maximum atomic E-state index is 13.1. The van der Waals surface area contributed by atoms with Crippen molar-refractivity contribution in [2.75, 3.05) is 20.2 Å². The number of quaternary nitrogens is 1. The molecule has 2 heterocycles. The normalized spacial score (nSPS) is 27.7. The van der Waals surface area contributed by atoms with E-state index in [9.17, 15) is 19.1 Å². The smallest absolute Gasteiger partial charge is 0.469 e. The summed E-state index contributed by atoms with van der Waals surface area (Å²) in [6.45, 7) is 5.81. The minimum absolute atomic E-state index is 0.120. The lowest BCUT2D eigenvalue weighted by Crippen LogP contribution is -2.62. The van der Waals surface area contributed by atoms with Gasteiger partial charge >= 0.3 is 12.1 Å². The average Bonchev–Trinajstić information content (AvgIpc) is 2.89. The van der Waals surface area contributed by atoms with Gasteiger partial charge in [0.25, 0.3) is 0 Å². The van der Waals surface area contributed by atoms with Crippen LogP contribution in [0.4, 0.5) is 9.18 Å². The van der Waals surface area contributed by atoms with E-state index in [-0.39, 0.29) is 17.6 Å². The molecular weight excluding hydrogens is 303 g/mol. The molecule has 7 heteroatoms. The van der Waals surface area contributed by atoms with Crippen molar-refractivity contribution in [3.8, 4) is 0 Å². The molecule has 1 aliphatic heterocycles. The highest BCUT2D eigenvalue weighted by atomic mass is 19.1. The number of halogens is 1. The van der Waals surface area contributed by atoms with Gasteiger partial charge in [-0.2, -0.15) is 4.79 Å². The molecule has 3 atom stereocenters. The molecule has 23 heavy (non-hydrogen) atoms. The molecule has 1 N–H and O–H groups in total. The van der Waals surface area contributed by atoms with Crippen LogP contribution in [0.5, 0.6) is 0 Å². The predicted octanol–water partition coefficient (Wildman–Crippen LogP) is 2.40. The largest absolute Gasteiger partial charge is 0.514 e. The Morgan fingerprint density at radius 2 is 2.00 bits per heavy atom. The van der Waals surface area contributed by atoms with Crippen molar-refractivity contribution >= 4 is 12.1 Å². The molecule has 6 nitrogen and oxygen atoms in total. The number of aromatic nitrogens is 1. The Kier molecular flexibility index (Phi) is 4.43. The summed E-state index contributed by atoms with van der Waals surface area (Å²) in [5.74, 6) is -2.01. The van der Waals surface area contributed by atoms with Gasteiger partial charge in [0.2, 0.25) is 0 Å². The number of methoxy groups -OCH3 is 1. The number of esters is 1. The highest BCUT2D eigenvalue weighted by Crippen LogP contribution is 2.42. The number of hydrogen-bond acceptors (Lipinski definition) is 4. The van der Waals surface area contributed by atoms with Crippen LogP contribution in [0.3, 0.4) is 0 Å². The van der Waals surface area contributed by atoms with Crippen LogP contribution < -0.4 is 0 Å². The third kappa shape index (κ3) is 2.93. The standard InChI is InChI=1S/C16H21FN2O4/c1-16(2,3)19(15(21)22)8-11(12(9-19)14(20)23-4)13-6-5-10(17)7-18-13/h5-7,11-12H,8-9H2,1-4H3/p+1/t11-,12-,19?/m1/s1. The van der Waals surface area contributed by atoms with Crippen molar-refractivity contribution in [2.45, 2.75) is 32.2 Å². The molecule has 2 rings (SSSR count). The van der Waals surface area contributed by atoms with Gasteiger partial charge in [-0.15, -0.1) is 0 Å². The second kappa shape index (κ2) is 5.88. The van der Waals surface area contributed by atoms with E-state index in [4.69, 9.17) is 4.74 Å². The monoisotopic (exact) mass is 325 g/mol. The molecule has 1 aliphatic rings. The van der Waals surface area contributed by atoms with Gasteiger partial charge in [-0.1, -0.05) is 0 Å². The molecule has 0 radical (unpaired) electrons. The van der Waals surface area contributed by atoms with Gasteiger partial charge in [0.05, 0.1) is 31.5 Å². The summed E-state index contributed by atoms with van der Waals surface area (Å²) in [5.41, 5.74) is -0.0975. The van der Waals surface area contributed by atoms with Crippen LogP contribution in [-0.4, -0.2) is 52.4 Å². The Hall–Kier alpha value is -2.02. The van der Waals surface area contributed by atoms with E-state index in [0.717, 1.165) is 6.20 Å². The van der Waals surface area contributed by atoms with Gasteiger partial charge in [-0.25, -0.2) is 8.87 Å². The average molecular weight is 325 g/mol. The van der Waals surface area contributed by atoms with E-state index < -0.39 is 35.3 Å². The highest BCUT2D eigenvalue weighted by molar-refractivity contribution is 5.75. The molecule has 1 saturated heterocycles. The number of carboxylic acid groups (broad SMARTS) is 1. The molecule has 126 valence electrons. The Morgan fingerprint density at radius 3 is 2.43 bits per heavy atom. The van der Waals surface area contributed by atoms with Crippen molar-refractivity contribution in [2.24, 2.45) is 5.92 Å². The summed E-state index contributed by atoms with van der Waals surface area (Å²) in [4.78, 5) is 28.2. The maximum Gasteiger partial charge on any atom is 0.514 e. The lowest BCUT2D eigenvalue weighted by Gasteiger charge is -2.40. The fourth-order valence-electron chi connectivity index (χ4n) is 3.29. The van der Waals surface area contributed by atoms with Crippen LogP contribution in [0, 0.1) is 11.7 Å². The summed E-state index contributed by atoms with van der Waals surface area (Å²) in [5, 5.41) is 9.82. The van der Waals surface area contributed by atoms with Gasteiger partial charge in [-0.05, 0) is 32.9 Å². The van der Waals surface area contributed by atoms with E-state index in [1.807, 2.05) is 20.8 Å². The molecule has 0 aliphatic carbocycles. The molecule has 0 bridgehead atoms. The van der Waals surface area contributed by atoms with Crippen LogP contribution in [0.1, 0.15) is 32.4 Å². The lowest BCUT2D eigenvalue weighted by atomic mass is 9.92. The fraction of sp³-hybridized carbons (Fsp3) is 0.562. The Labute approximate surface area is 134 Å². The van der Waals surface area contributed by atoms with Gasteiger partial charge < -0.3 is 9.84 Å². The zero-order valence-corrected chi connectivity index (χ0v) is 13.7. The Balaban J connectivity index is 2.49. The first-order chi connectivity index (χ1) is 10.6. The topological polar surface area (TPSA) is 76.5 Å². The predicted molar refractivity (Wildman–Crippen MR) is 80.2 cm³/mol. The number of carbonyl (C=O) groups excluding carboxylic acids is 1. The number of rotatable bonds is 2. The molecule has 1 aromatic rings. The summed E-state index contributed by atoms with van der Waals surface area (Å²) in [7, 11) is 1.28. The summed E-state index contributed by atoms with van der Waals surface area (Å²) < 4.78 is 17.7. The maximum absolute atomic E-state index is 13.1. The van der Waals surface area contributed by atoms with Gasteiger partial charge in [0, 0.05) is 0 Å². The van der Waals surface area contributed by atoms with Gasteiger partial charge in [0.15, 0.2) is 0 Å². The molecule has 1 fully saturated rings. The van der Waals surface area contributed by atoms with Crippen molar-refractivity contribution in [3.63, 3.8) is 0 Å². The molecule has 1 amide bonds. The fourth-order valence-corrected chi connectivity index (χ4v) is 3.29. The van der Waals surface area contributed by atoms with E-state index in [1.165, 1.54) is 19.2 Å². The molecule has 0 saturated carbocycles. The number of pyridine rings is 1. The first kappa shape index (κ1) is 17.3. The van der Waals surface area contributed by atoms with Crippen LogP contribution >= 0.6 is 0 Å². The van der Waals surface area contributed by atoms with Crippen molar-refractivity contribution in [1.82, 2.24) is 4.98 Å². The van der Waals surface area contributed by atoms with Crippen LogP contribution in [0.2, 0.25) is 0 Å². The zero-order valence-electron chi connectivity index (χ0n) is 13.7. The molecule has 1 unspecified atom stereocenters. The van der Waals surface area contributed by atoms with Crippen LogP contribution in [0.15, 0.2) is 18.3 Å². The summed E-state index contributed by atoms with van der Waals surface area (Å²) in [6, 6.07) is 2.77. The van der Waals surface area contributed by atoms with E-state index in [2.05, 4.69) is 4.98 Å². The third-order valence-corrected chi connectivity index (χ3v) is 4.79. The van der Waals surface area contributed by atoms with E-state index >= 15 is 0 Å². The minimum Gasteiger partial charge on any atom is -0.469 e. The number of hydrogen-bond donors (Lipinski definition) is 1. The molecule has 0 aromatic carbocycles. The minimum atomic E-state index is -0.990. The Bertz CT molecular complexity index is 612. The van der Waals surface area contributed by atoms with Crippen LogP contribution in [-0.2, 0) is 9.53 Å². The quantitative estimate of drug-likeness (QED) is 0.667. The number of amides is 1. The first-order valence-electron chi connectivity index (χ1n) is 7.42. The number of likely N-dealkylation sites (tertiary alicyclic amines) is 1. The van der Waals surface area contributed by atoms with Gasteiger partial charge in [0.1, 0.15) is 23.8 Å². The number of carbonyl (C=O) groups is 2. The molecule has 0 spiro atoms. The van der Waals surface area contributed by atoms with E-state index in [1.54, 1.807) is 0 Å². The third-order valence-electron chi connectivity index (χ3n) is 4.79. The second-order valence-electron chi connectivity index (χ2n) is 6.92. The number of nitrogens with zero attached hydrogens (tertiary/aromatic N) is 2. The second-order valence-corrected chi connectivity index (χ2v) is 6.92. The van der Waals surface area contributed by atoms with Crippen molar-refractivity contribution in [3.05, 3.63) is 29.8 Å². The summed E-state index contributed by atoms with van der Waals surface area (Å²) >= 11 is 0. The van der Waals surface area contributed by atoms with Crippen LogP contribution in [0.25, 0.3) is 0 Å². The SMILES string of the molecule is COC(=O)[C@@H]1C[N+](C(=O)O)(C(C)(C)C)C[C@H]1c1ccc(F)cn1.